The van der Waals surface area contributed by atoms with Gasteiger partial charge in [0.2, 0.25) is 10.0 Å². The molecular weight excluding hydrogens is 268 g/mol. The number of nitrogens with zero attached hydrogens (tertiary/aromatic N) is 2. The van der Waals surface area contributed by atoms with Gasteiger partial charge in [0.25, 0.3) is 0 Å². The molecule has 0 aliphatic carbocycles. The minimum atomic E-state index is -3.54. The average Bonchev–Trinajstić information content (AvgIpc) is 2.88. The second-order valence-corrected chi connectivity index (χ2v) is 6.54. The van der Waals surface area contributed by atoms with Crippen LogP contribution in [0, 0.1) is 0 Å². The number of sulfonamides is 1. The number of carboxylic acid groups (broad SMARTS) is 1. The summed E-state index contributed by atoms with van der Waals surface area (Å²) in [5.74, 6) is -1.17. The Hall–Kier alpha value is -1.47. The second kappa shape index (κ2) is 5.66. The minimum absolute atomic E-state index is 0.103. The Morgan fingerprint density at radius 1 is 1.47 bits per heavy atom. The minimum Gasteiger partial charge on any atom is -0.480 e. The summed E-state index contributed by atoms with van der Waals surface area (Å²) in [5, 5.41) is 9.01. The van der Waals surface area contributed by atoms with Gasteiger partial charge in [-0.2, -0.15) is 4.31 Å². The van der Waals surface area contributed by atoms with Crippen LogP contribution in [0.25, 0.3) is 0 Å². The Morgan fingerprint density at radius 2 is 2.26 bits per heavy atom. The van der Waals surface area contributed by atoms with Crippen molar-refractivity contribution in [1.29, 1.82) is 0 Å². The zero-order valence-electron chi connectivity index (χ0n) is 10.4. The summed E-state index contributed by atoms with van der Waals surface area (Å²) in [6.07, 6.45) is 2.89. The van der Waals surface area contributed by atoms with E-state index >= 15 is 0 Å². The number of carbonyl (C=O) groups is 1. The second-order valence-electron chi connectivity index (χ2n) is 4.49. The normalized spacial score (nSPS) is 20.5. The first-order chi connectivity index (χ1) is 9.00. The molecule has 1 aliphatic heterocycles. The molecule has 104 valence electrons. The smallest absolute Gasteiger partial charge is 0.322 e. The van der Waals surface area contributed by atoms with E-state index in [1.54, 1.807) is 24.4 Å². The molecule has 2 heterocycles. The number of hydrogen-bond donors (Lipinski definition) is 1. The van der Waals surface area contributed by atoms with Gasteiger partial charge in [0.1, 0.15) is 6.04 Å². The molecule has 19 heavy (non-hydrogen) atoms. The van der Waals surface area contributed by atoms with E-state index in [9.17, 15) is 13.2 Å². The van der Waals surface area contributed by atoms with Crippen LogP contribution in [0.5, 0.6) is 0 Å². The molecule has 1 aromatic rings. The first-order valence-corrected chi connectivity index (χ1v) is 7.74. The SMILES string of the molecule is O=C(O)[C@@H]1CCCN1S(=O)(=O)CCc1ccccn1. The van der Waals surface area contributed by atoms with Crippen LogP contribution in [0.2, 0.25) is 0 Å². The highest BCUT2D eigenvalue weighted by molar-refractivity contribution is 7.89. The van der Waals surface area contributed by atoms with Gasteiger partial charge in [-0.15, -0.1) is 0 Å². The Bertz CT molecular complexity index is 544. The summed E-state index contributed by atoms with van der Waals surface area (Å²) in [7, 11) is -3.54. The molecule has 6 nitrogen and oxygen atoms in total. The molecule has 1 N–H and O–H groups in total. The van der Waals surface area contributed by atoms with Gasteiger partial charge in [0.15, 0.2) is 0 Å². The summed E-state index contributed by atoms with van der Waals surface area (Å²) < 4.78 is 25.4. The third kappa shape index (κ3) is 3.30. The number of pyridine rings is 1. The molecule has 1 aliphatic rings. The van der Waals surface area contributed by atoms with Crippen molar-refractivity contribution in [1.82, 2.24) is 9.29 Å². The first-order valence-electron chi connectivity index (χ1n) is 6.13. The summed E-state index contributed by atoms with van der Waals surface area (Å²) >= 11 is 0. The molecule has 1 aromatic heterocycles. The summed E-state index contributed by atoms with van der Waals surface area (Å²) in [4.78, 5) is 15.1. The lowest BCUT2D eigenvalue weighted by Crippen LogP contribution is -2.41. The molecule has 0 spiro atoms. The highest BCUT2D eigenvalue weighted by Crippen LogP contribution is 2.21. The van der Waals surface area contributed by atoms with E-state index in [2.05, 4.69) is 4.98 Å². The maximum Gasteiger partial charge on any atom is 0.322 e. The van der Waals surface area contributed by atoms with E-state index in [4.69, 9.17) is 5.11 Å². The number of carboxylic acids is 1. The van der Waals surface area contributed by atoms with E-state index in [0.717, 1.165) is 4.31 Å². The van der Waals surface area contributed by atoms with Crippen LogP contribution in [-0.4, -0.2) is 47.1 Å². The fourth-order valence-electron chi connectivity index (χ4n) is 2.22. The third-order valence-electron chi connectivity index (χ3n) is 3.19. The average molecular weight is 284 g/mol. The van der Waals surface area contributed by atoms with E-state index < -0.39 is 22.0 Å². The van der Waals surface area contributed by atoms with Crippen molar-refractivity contribution in [3.8, 4) is 0 Å². The van der Waals surface area contributed by atoms with Crippen molar-refractivity contribution < 1.29 is 18.3 Å². The van der Waals surface area contributed by atoms with Crippen LogP contribution in [0.1, 0.15) is 18.5 Å². The molecule has 1 atom stereocenters. The fourth-order valence-corrected chi connectivity index (χ4v) is 3.91. The van der Waals surface area contributed by atoms with Crippen molar-refractivity contribution in [2.75, 3.05) is 12.3 Å². The van der Waals surface area contributed by atoms with Gasteiger partial charge in [-0.25, -0.2) is 8.42 Å². The van der Waals surface area contributed by atoms with Crippen molar-refractivity contribution >= 4 is 16.0 Å². The predicted octanol–water partition coefficient (Wildman–Crippen LogP) is 0.503. The van der Waals surface area contributed by atoms with Gasteiger partial charge in [-0.3, -0.25) is 9.78 Å². The molecule has 0 aromatic carbocycles. The molecule has 0 amide bonds. The van der Waals surface area contributed by atoms with Crippen LogP contribution in [0.15, 0.2) is 24.4 Å². The van der Waals surface area contributed by atoms with Crippen LogP contribution < -0.4 is 0 Å². The van der Waals surface area contributed by atoms with Crippen molar-refractivity contribution in [2.24, 2.45) is 0 Å². The number of hydrogen-bond acceptors (Lipinski definition) is 4. The Balaban J connectivity index is 2.04. The lowest BCUT2D eigenvalue weighted by molar-refractivity contribution is -0.140. The molecule has 0 bridgehead atoms. The number of aliphatic carboxylic acids is 1. The highest BCUT2D eigenvalue weighted by atomic mass is 32.2. The Morgan fingerprint density at radius 3 is 2.89 bits per heavy atom. The van der Waals surface area contributed by atoms with Gasteiger partial charge in [0, 0.05) is 24.9 Å². The first kappa shape index (κ1) is 14.0. The Labute approximate surface area is 112 Å². The zero-order chi connectivity index (χ0) is 13.9. The lowest BCUT2D eigenvalue weighted by Gasteiger charge is -2.20. The highest BCUT2D eigenvalue weighted by Gasteiger charge is 2.38. The monoisotopic (exact) mass is 284 g/mol. The van der Waals surface area contributed by atoms with E-state index in [1.165, 1.54) is 0 Å². The fraction of sp³-hybridized carbons (Fsp3) is 0.500. The Kier molecular flexibility index (Phi) is 4.16. The van der Waals surface area contributed by atoms with Crippen molar-refractivity contribution in [2.45, 2.75) is 25.3 Å². The molecule has 1 saturated heterocycles. The van der Waals surface area contributed by atoms with Crippen LogP contribution in [-0.2, 0) is 21.2 Å². The van der Waals surface area contributed by atoms with Gasteiger partial charge in [-0.05, 0) is 25.0 Å². The molecule has 0 unspecified atom stereocenters. The molecule has 0 saturated carbocycles. The van der Waals surface area contributed by atoms with E-state index in [1.807, 2.05) is 0 Å². The van der Waals surface area contributed by atoms with Crippen molar-refractivity contribution in [3.63, 3.8) is 0 Å². The maximum absolute atomic E-state index is 12.2. The summed E-state index contributed by atoms with van der Waals surface area (Å²) in [6, 6.07) is 4.41. The zero-order valence-corrected chi connectivity index (χ0v) is 11.2. The number of aryl methyl sites for hydroxylation is 1. The van der Waals surface area contributed by atoms with Crippen LogP contribution in [0.4, 0.5) is 0 Å². The number of rotatable bonds is 5. The van der Waals surface area contributed by atoms with Gasteiger partial charge in [0.05, 0.1) is 5.75 Å². The molecule has 7 heteroatoms. The van der Waals surface area contributed by atoms with Gasteiger partial charge in [-0.1, -0.05) is 6.07 Å². The van der Waals surface area contributed by atoms with E-state index in [0.29, 0.717) is 31.5 Å². The largest absolute Gasteiger partial charge is 0.480 e. The van der Waals surface area contributed by atoms with E-state index in [-0.39, 0.29) is 5.75 Å². The van der Waals surface area contributed by atoms with Gasteiger partial charge >= 0.3 is 5.97 Å². The molecule has 0 radical (unpaired) electrons. The third-order valence-corrected chi connectivity index (χ3v) is 5.06. The summed E-state index contributed by atoms with van der Waals surface area (Å²) in [6.45, 7) is 0.293. The number of aromatic nitrogens is 1. The quantitative estimate of drug-likeness (QED) is 0.851. The maximum atomic E-state index is 12.2. The lowest BCUT2D eigenvalue weighted by atomic mass is 10.2. The molecular formula is C12H16N2O4S. The standard InChI is InChI=1S/C12H16N2O4S/c15-12(16)11-5-3-8-14(11)19(17,18)9-6-10-4-1-2-7-13-10/h1-2,4,7,11H,3,5-6,8-9H2,(H,15,16)/t11-/m0/s1. The predicted molar refractivity (Wildman–Crippen MR) is 69.1 cm³/mol. The molecule has 1 fully saturated rings. The van der Waals surface area contributed by atoms with Crippen LogP contribution >= 0.6 is 0 Å². The molecule has 2 rings (SSSR count). The van der Waals surface area contributed by atoms with Gasteiger partial charge < -0.3 is 5.11 Å². The van der Waals surface area contributed by atoms with Crippen molar-refractivity contribution in [3.05, 3.63) is 30.1 Å². The van der Waals surface area contributed by atoms with Crippen LogP contribution in [0.3, 0.4) is 0 Å². The summed E-state index contributed by atoms with van der Waals surface area (Å²) in [5.41, 5.74) is 0.692. The topological polar surface area (TPSA) is 87.6 Å².